The van der Waals surface area contributed by atoms with Crippen molar-refractivity contribution < 1.29 is 4.74 Å². The van der Waals surface area contributed by atoms with Gasteiger partial charge in [0.25, 0.3) is 0 Å². The third-order valence-corrected chi connectivity index (χ3v) is 2.64. The monoisotopic (exact) mass is 227 g/mol. The second-order valence-corrected chi connectivity index (χ2v) is 3.76. The highest BCUT2D eigenvalue weighted by molar-refractivity contribution is 5.64. The molecule has 0 saturated carbocycles. The maximum Gasteiger partial charge on any atom is 0.233 e. The van der Waals surface area contributed by atoms with Crippen LogP contribution < -0.4 is 4.74 Å². The molecule has 0 amide bonds. The van der Waals surface area contributed by atoms with Gasteiger partial charge in [0, 0.05) is 6.07 Å². The molecule has 2 heterocycles. The first kappa shape index (κ1) is 9.96. The summed E-state index contributed by atoms with van der Waals surface area (Å²) in [7, 11) is 0. The van der Waals surface area contributed by atoms with Crippen LogP contribution in [0.4, 0.5) is 0 Å². The van der Waals surface area contributed by atoms with E-state index in [0.29, 0.717) is 6.61 Å². The summed E-state index contributed by atoms with van der Waals surface area (Å²) in [5.41, 5.74) is 3.04. The van der Waals surface area contributed by atoms with Gasteiger partial charge in [0.2, 0.25) is 5.88 Å². The largest absolute Gasteiger partial charge is 0.477 e. The molecule has 3 aromatic rings. The number of nitrogens with one attached hydrogen (secondary N) is 1. The van der Waals surface area contributed by atoms with E-state index in [1.54, 1.807) is 6.20 Å². The first-order valence-electron chi connectivity index (χ1n) is 5.63. The first-order valence-corrected chi connectivity index (χ1v) is 5.63. The minimum Gasteiger partial charge on any atom is -0.477 e. The molecule has 0 atom stereocenters. The predicted octanol–water partition coefficient (Wildman–Crippen LogP) is 2.73. The van der Waals surface area contributed by atoms with Crippen LogP contribution in [0.2, 0.25) is 0 Å². The third-order valence-electron chi connectivity index (χ3n) is 2.64. The summed E-state index contributed by atoms with van der Waals surface area (Å²) < 4.78 is 7.33. The lowest BCUT2D eigenvalue weighted by molar-refractivity contribution is 0.320. The van der Waals surface area contributed by atoms with Crippen molar-refractivity contribution in [2.24, 2.45) is 0 Å². The highest BCUT2D eigenvalue weighted by Crippen LogP contribution is 2.22. The molecule has 1 aromatic carbocycles. The molecular weight excluding hydrogens is 214 g/mol. The van der Waals surface area contributed by atoms with Crippen LogP contribution in [0.1, 0.15) is 6.92 Å². The van der Waals surface area contributed by atoms with Crippen LogP contribution in [0.5, 0.6) is 5.88 Å². The number of aromatic amines is 1. The average Bonchev–Trinajstić information content (AvgIpc) is 2.93. The highest BCUT2D eigenvalue weighted by Gasteiger charge is 2.08. The van der Waals surface area contributed by atoms with E-state index in [9.17, 15) is 0 Å². The fourth-order valence-corrected chi connectivity index (χ4v) is 1.86. The molecule has 1 N–H and O–H groups in total. The Kier molecular flexibility index (Phi) is 2.33. The summed E-state index contributed by atoms with van der Waals surface area (Å²) in [6, 6.07) is 12.2. The summed E-state index contributed by atoms with van der Waals surface area (Å²) in [6.45, 7) is 2.59. The smallest absolute Gasteiger partial charge is 0.233 e. The fraction of sp³-hybridized carbons (Fsp3) is 0.154. The number of hydrogen-bond donors (Lipinski definition) is 1. The summed E-state index contributed by atoms with van der Waals surface area (Å²) in [5, 5.41) is 3.27. The quantitative estimate of drug-likeness (QED) is 0.747. The van der Waals surface area contributed by atoms with Gasteiger partial charge in [0.1, 0.15) is 0 Å². The normalized spacial score (nSPS) is 10.9. The van der Waals surface area contributed by atoms with Crippen LogP contribution in [-0.2, 0) is 0 Å². The molecular formula is C13H13N3O. The summed E-state index contributed by atoms with van der Waals surface area (Å²) in [5.74, 6) is 0.740. The number of H-pyrrole nitrogens is 1. The lowest BCUT2D eigenvalue weighted by atomic mass is 10.2. The van der Waals surface area contributed by atoms with E-state index in [-0.39, 0.29) is 0 Å². The standard InChI is InChI=1S/C13H13N3O/c1-2-17-13-9-14-12-8-11(15-16(12)13)10-6-4-3-5-7-10/h3-9,15H,2H2,1H3. The van der Waals surface area contributed by atoms with Gasteiger partial charge < -0.3 is 4.74 Å². The van der Waals surface area contributed by atoms with Crippen molar-refractivity contribution in [1.29, 1.82) is 0 Å². The molecule has 3 rings (SSSR count). The van der Waals surface area contributed by atoms with Crippen molar-refractivity contribution in [1.82, 2.24) is 14.6 Å². The van der Waals surface area contributed by atoms with Gasteiger partial charge in [-0.25, -0.2) is 9.50 Å². The number of fused-ring (bicyclic) bond motifs is 1. The Morgan fingerprint density at radius 2 is 2.12 bits per heavy atom. The zero-order valence-corrected chi connectivity index (χ0v) is 9.55. The first-order chi connectivity index (χ1) is 8.38. The van der Waals surface area contributed by atoms with Crippen molar-refractivity contribution in [3.05, 3.63) is 42.6 Å². The van der Waals surface area contributed by atoms with Crippen molar-refractivity contribution in [3.8, 4) is 17.1 Å². The molecule has 0 saturated heterocycles. The summed E-state index contributed by atoms with van der Waals surface area (Å²) >= 11 is 0. The molecule has 4 nitrogen and oxygen atoms in total. The van der Waals surface area contributed by atoms with Gasteiger partial charge in [-0.1, -0.05) is 30.3 Å². The van der Waals surface area contributed by atoms with Crippen molar-refractivity contribution in [2.45, 2.75) is 6.92 Å². The molecule has 17 heavy (non-hydrogen) atoms. The molecule has 0 unspecified atom stereocenters. The number of hydrogen-bond acceptors (Lipinski definition) is 2. The number of nitrogens with zero attached hydrogens (tertiary/aromatic N) is 2. The number of rotatable bonds is 3. The van der Waals surface area contributed by atoms with Crippen LogP contribution in [0.15, 0.2) is 42.6 Å². The fourth-order valence-electron chi connectivity index (χ4n) is 1.86. The van der Waals surface area contributed by atoms with Crippen LogP contribution >= 0.6 is 0 Å². The maximum atomic E-state index is 5.48. The van der Waals surface area contributed by atoms with E-state index < -0.39 is 0 Å². The second-order valence-electron chi connectivity index (χ2n) is 3.76. The SMILES string of the molecule is CCOc1cnc2cc(-c3ccccc3)[nH]n12. The van der Waals surface area contributed by atoms with Gasteiger partial charge in [-0.2, -0.15) is 0 Å². The van der Waals surface area contributed by atoms with Gasteiger partial charge in [0.15, 0.2) is 5.65 Å². The number of ether oxygens (including phenoxy) is 1. The molecule has 0 aliphatic carbocycles. The lowest BCUT2D eigenvalue weighted by Crippen LogP contribution is -1.96. The van der Waals surface area contributed by atoms with Gasteiger partial charge in [-0.15, -0.1) is 0 Å². The van der Waals surface area contributed by atoms with Crippen molar-refractivity contribution >= 4 is 5.65 Å². The molecule has 86 valence electrons. The van der Waals surface area contributed by atoms with E-state index in [2.05, 4.69) is 22.2 Å². The minimum absolute atomic E-state index is 0.632. The molecule has 0 aliphatic rings. The number of aromatic nitrogens is 3. The Labute approximate surface area is 98.8 Å². The Morgan fingerprint density at radius 1 is 1.29 bits per heavy atom. The minimum atomic E-state index is 0.632. The Morgan fingerprint density at radius 3 is 2.88 bits per heavy atom. The number of benzene rings is 1. The van der Waals surface area contributed by atoms with Crippen LogP contribution in [0.25, 0.3) is 16.9 Å². The van der Waals surface area contributed by atoms with Gasteiger partial charge >= 0.3 is 0 Å². The van der Waals surface area contributed by atoms with Crippen molar-refractivity contribution in [2.75, 3.05) is 6.61 Å². The molecule has 0 aliphatic heterocycles. The second kappa shape index (κ2) is 3.97. The summed E-state index contributed by atoms with van der Waals surface area (Å²) in [6.07, 6.45) is 1.73. The van der Waals surface area contributed by atoms with E-state index in [0.717, 1.165) is 22.8 Å². The van der Waals surface area contributed by atoms with Gasteiger partial charge in [-0.3, -0.25) is 5.10 Å². The van der Waals surface area contributed by atoms with E-state index in [1.807, 2.05) is 35.7 Å². The van der Waals surface area contributed by atoms with Crippen molar-refractivity contribution in [3.63, 3.8) is 0 Å². The molecule has 2 aromatic heterocycles. The zero-order chi connectivity index (χ0) is 11.7. The summed E-state index contributed by atoms with van der Waals surface area (Å²) in [4.78, 5) is 4.29. The van der Waals surface area contributed by atoms with E-state index in [4.69, 9.17) is 4.74 Å². The lowest BCUT2D eigenvalue weighted by Gasteiger charge is -2.00. The van der Waals surface area contributed by atoms with Crippen LogP contribution in [-0.4, -0.2) is 21.2 Å². The maximum absolute atomic E-state index is 5.48. The Hall–Kier alpha value is -2.23. The molecule has 0 radical (unpaired) electrons. The molecule has 0 spiro atoms. The molecule has 0 fully saturated rings. The molecule has 4 heteroatoms. The topological polar surface area (TPSA) is 42.3 Å². The average molecular weight is 227 g/mol. The molecule has 0 bridgehead atoms. The van der Waals surface area contributed by atoms with Gasteiger partial charge in [0.05, 0.1) is 18.5 Å². The van der Waals surface area contributed by atoms with Crippen LogP contribution in [0, 0.1) is 0 Å². The predicted molar refractivity (Wildman–Crippen MR) is 66.1 cm³/mol. The number of imidazole rings is 1. The third kappa shape index (κ3) is 1.67. The van der Waals surface area contributed by atoms with Gasteiger partial charge in [-0.05, 0) is 12.5 Å². The Bertz CT molecular complexity index is 624. The van der Waals surface area contributed by atoms with E-state index >= 15 is 0 Å². The van der Waals surface area contributed by atoms with E-state index in [1.165, 1.54) is 0 Å². The highest BCUT2D eigenvalue weighted by atomic mass is 16.5. The Balaban J connectivity index is 2.08. The van der Waals surface area contributed by atoms with Crippen LogP contribution in [0.3, 0.4) is 0 Å². The zero-order valence-electron chi connectivity index (χ0n) is 9.55.